The molecule has 0 spiro atoms. The van der Waals surface area contributed by atoms with Crippen LogP contribution in [0, 0.1) is 0 Å². The predicted molar refractivity (Wildman–Crippen MR) is 89.0 cm³/mol. The summed E-state index contributed by atoms with van der Waals surface area (Å²) < 4.78 is 6.87. The summed E-state index contributed by atoms with van der Waals surface area (Å²) in [7, 11) is 2.10. The van der Waals surface area contributed by atoms with E-state index in [2.05, 4.69) is 46.5 Å². The van der Waals surface area contributed by atoms with Crippen LogP contribution in [0.1, 0.15) is 18.2 Å². The molecule has 2 rings (SSSR count). The molecule has 1 aromatic heterocycles. The average Bonchev–Trinajstić information content (AvgIpc) is 2.99. The molecule has 1 heterocycles. The Morgan fingerprint density at radius 1 is 1.30 bits per heavy atom. The lowest BCUT2D eigenvalue weighted by atomic mass is 10.2. The van der Waals surface area contributed by atoms with Crippen LogP contribution in [0.4, 0.5) is 0 Å². The summed E-state index contributed by atoms with van der Waals surface area (Å²) in [4.78, 5) is 2.26. The van der Waals surface area contributed by atoms with Gasteiger partial charge in [-0.05, 0) is 19.5 Å². The van der Waals surface area contributed by atoms with Crippen LogP contribution in [0.15, 0.2) is 36.5 Å². The Kier molecular flexibility index (Phi) is 7.19. The average molecular weight is 318 g/mol. The molecule has 0 fully saturated rings. The van der Waals surface area contributed by atoms with Crippen molar-refractivity contribution in [3.63, 3.8) is 0 Å². The van der Waals surface area contributed by atoms with E-state index in [1.165, 1.54) is 5.56 Å². The molecule has 6 nitrogen and oxygen atoms in total. The molecule has 0 bridgehead atoms. The van der Waals surface area contributed by atoms with Gasteiger partial charge in [0.1, 0.15) is 0 Å². The standard InChI is InChI=1S/C17H26N4O2/c1-3-23-14-17(22)13-21-12-16(18-19-21)9-10-20(2)11-15-7-5-4-6-8-15/h4-8,12,17,22H,3,9-11,13-14H2,1-2H3. The molecule has 0 radical (unpaired) electrons. The highest BCUT2D eigenvalue weighted by Gasteiger charge is 2.08. The van der Waals surface area contributed by atoms with Gasteiger partial charge in [0, 0.05) is 32.3 Å². The third-order valence-corrected chi connectivity index (χ3v) is 3.54. The summed E-state index contributed by atoms with van der Waals surface area (Å²) in [5, 5.41) is 18.0. The van der Waals surface area contributed by atoms with Crippen LogP contribution < -0.4 is 0 Å². The van der Waals surface area contributed by atoms with Gasteiger partial charge < -0.3 is 14.7 Å². The second kappa shape index (κ2) is 9.39. The number of aliphatic hydroxyl groups excluding tert-OH is 1. The largest absolute Gasteiger partial charge is 0.389 e. The molecule has 6 heteroatoms. The number of ether oxygens (including phenoxy) is 1. The van der Waals surface area contributed by atoms with E-state index in [9.17, 15) is 5.11 Å². The van der Waals surface area contributed by atoms with Gasteiger partial charge in [0.25, 0.3) is 0 Å². The molecule has 0 aliphatic rings. The number of hydrogen-bond donors (Lipinski definition) is 1. The molecule has 1 aromatic carbocycles. The minimum Gasteiger partial charge on any atom is -0.389 e. The Labute approximate surface area is 137 Å². The maximum absolute atomic E-state index is 9.80. The van der Waals surface area contributed by atoms with Gasteiger partial charge in [-0.3, -0.25) is 0 Å². The third kappa shape index (κ3) is 6.48. The highest BCUT2D eigenvalue weighted by molar-refractivity contribution is 5.14. The van der Waals surface area contributed by atoms with Gasteiger partial charge in [0.2, 0.25) is 0 Å². The summed E-state index contributed by atoms with van der Waals surface area (Å²) in [6, 6.07) is 10.4. The SMILES string of the molecule is CCOCC(O)Cn1cc(CCN(C)Cc2ccccc2)nn1. The number of benzene rings is 1. The highest BCUT2D eigenvalue weighted by atomic mass is 16.5. The van der Waals surface area contributed by atoms with Crippen LogP contribution in [0.25, 0.3) is 0 Å². The van der Waals surface area contributed by atoms with Crippen LogP contribution in [-0.4, -0.2) is 57.9 Å². The van der Waals surface area contributed by atoms with Gasteiger partial charge in [0.05, 0.1) is 24.9 Å². The van der Waals surface area contributed by atoms with Crippen molar-refractivity contribution in [2.75, 3.05) is 26.8 Å². The van der Waals surface area contributed by atoms with E-state index in [1.54, 1.807) is 4.68 Å². The zero-order valence-electron chi connectivity index (χ0n) is 13.9. The van der Waals surface area contributed by atoms with Gasteiger partial charge in [-0.2, -0.15) is 0 Å². The molecule has 1 N–H and O–H groups in total. The van der Waals surface area contributed by atoms with Crippen LogP contribution in [0.3, 0.4) is 0 Å². The Hall–Kier alpha value is -1.76. The molecule has 0 aliphatic carbocycles. The van der Waals surface area contributed by atoms with Crippen molar-refractivity contribution in [1.82, 2.24) is 19.9 Å². The Bertz CT molecular complexity index is 559. The molecular formula is C17H26N4O2. The number of hydrogen-bond acceptors (Lipinski definition) is 5. The first-order valence-corrected chi connectivity index (χ1v) is 8.04. The predicted octanol–water partition coefficient (Wildman–Crippen LogP) is 1.35. The van der Waals surface area contributed by atoms with E-state index in [-0.39, 0.29) is 0 Å². The van der Waals surface area contributed by atoms with Gasteiger partial charge >= 0.3 is 0 Å². The van der Waals surface area contributed by atoms with Gasteiger partial charge in [-0.1, -0.05) is 35.5 Å². The van der Waals surface area contributed by atoms with Gasteiger partial charge in [-0.15, -0.1) is 5.10 Å². The molecule has 23 heavy (non-hydrogen) atoms. The Morgan fingerprint density at radius 3 is 2.83 bits per heavy atom. The fourth-order valence-electron chi connectivity index (χ4n) is 2.34. The number of aliphatic hydroxyl groups is 1. The van der Waals surface area contributed by atoms with Crippen molar-refractivity contribution in [2.24, 2.45) is 0 Å². The van der Waals surface area contributed by atoms with Crippen molar-refractivity contribution >= 4 is 0 Å². The first-order chi connectivity index (χ1) is 11.2. The van der Waals surface area contributed by atoms with Crippen molar-refractivity contribution in [3.05, 3.63) is 47.8 Å². The van der Waals surface area contributed by atoms with Gasteiger partial charge in [-0.25, -0.2) is 4.68 Å². The molecule has 1 atom stereocenters. The molecule has 2 aromatic rings. The molecule has 126 valence electrons. The van der Waals surface area contributed by atoms with E-state index in [0.29, 0.717) is 19.8 Å². The first-order valence-electron chi connectivity index (χ1n) is 8.04. The van der Waals surface area contributed by atoms with E-state index < -0.39 is 6.10 Å². The normalized spacial score (nSPS) is 12.7. The summed E-state index contributed by atoms with van der Waals surface area (Å²) in [6.45, 7) is 5.08. The van der Waals surface area contributed by atoms with E-state index in [1.807, 2.05) is 19.2 Å². The lowest BCUT2D eigenvalue weighted by Gasteiger charge is -2.15. The maximum Gasteiger partial charge on any atom is 0.0969 e. The lowest BCUT2D eigenvalue weighted by molar-refractivity contribution is 0.0313. The maximum atomic E-state index is 9.80. The van der Waals surface area contributed by atoms with Crippen molar-refractivity contribution < 1.29 is 9.84 Å². The number of rotatable bonds is 10. The molecule has 0 saturated heterocycles. The zero-order chi connectivity index (χ0) is 16.5. The minimum absolute atomic E-state index is 0.325. The van der Waals surface area contributed by atoms with E-state index in [4.69, 9.17) is 4.74 Å². The Balaban J connectivity index is 1.73. The van der Waals surface area contributed by atoms with Crippen LogP contribution in [-0.2, 0) is 24.2 Å². The lowest BCUT2D eigenvalue weighted by Crippen LogP contribution is -2.22. The smallest absolute Gasteiger partial charge is 0.0969 e. The third-order valence-electron chi connectivity index (χ3n) is 3.54. The molecular weight excluding hydrogens is 292 g/mol. The molecule has 0 amide bonds. The minimum atomic E-state index is -0.551. The summed E-state index contributed by atoms with van der Waals surface area (Å²) >= 11 is 0. The molecule has 0 saturated carbocycles. The second-order valence-corrected chi connectivity index (χ2v) is 5.72. The summed E-state index contributed by atoms with van der Waals surface area (Å²) in [5.41, 5.74) is 2.24. The quantitative estimate of drug-likeness (QED) is 0.716. The summed E-state index contributed by atoms with van der Waals surface area (Å²) in [6.07, 6.45) is 2.18. The number of likely N-dealkylation sites (N-methyl/N-ethyl adjacent to an activating group) is 1. The van der Waals surface area contributed by atoms with E-state index in [0.717, 1.165) is 25.2 Å². The zero-order valence-corrected chi connectivity index (χ0v) is 13.9. The topological polar surface area (TPSA) is 63.4 Å². The van der Waals surface area contributed by atoms with Crippen molar-refractivity contribution in [1.29, 1.82) is 0 Å². The first kappa shape index (κ1) is 17.6. The monoisotopic (exact) mass is 318 g/mol. The fourth-order valence-corrected chi connectivity index (χ4v) is 2.34. The highest BCUT2D eigenvalue weighted by Crippen LogP contribution is 2.04. The van der Waals surface area contributed by atoms with Crippen LogP contribution >= 0.6 is 0 Å². The molecule has 1 unspecified atom stereocenters. The summed E-state index contributed by atoms with van der Waals surface area (Å²) in [5.74, 6) is 0. The van der Waals surface area contributed by atoms with Crippen molar-refractivity contribution in [3.8, 4) is 0 Å². The number of aromatic nitrogens is 3. The number of nitrogens with zero attached hydrogens (tertiary/aromatic N) is 4. The molecule has 0 aliphatic heterocycles. The van der Waals surface area contributed by atoms with Crippen molar-refractivity contribution in [2.45, 2.75) is 32.5 Å². The second-order valence-electron chi connectivity index (χ2n) is 5.72. The van der Waals surface area contributed by atoms with Crippen LogP contribution in [0.2, 0.25) is 0 Å². The van der Waals surface area contributed by atoms with Gasteiger partial charge in [0.15, 0.2) is 0 Å². The fraction of sp³-hybridized carbons (Fsp3) is 0.529. The van der Waals surface area contributed by atoms with Crippen LogP contribution in [0.5, 0.6) is 0 Å². The Morgan fingerprint density at radius 2 is 2.09 bits per heavy atom. The van der Waals surface area contributed by atoms with E-state index >= 15 is 0 Å².